The van der Waals surface area contributed by atoms with Gasteiger partial charge in [0.1, 0.15) is 5.82 Å². The zero-order valence-electron chi connectivity index (χ0n) is 12.1. The van der Waals surface area contributed by atoms with Crippen molar-refractivity contribution >= 4 is 15.9 Å². The lowest BCUT2D eigenvalue weighted by molar-refractivity contribution is -0.171. The maximum absolute atomic E-state index is 5.95. The molecular weight excluding hydrogens is 332 g/mol. The average molecular weight is 351 g/mol. The summed E-state index contributed by atoms with van der Waals surface area (Å²) in [6.45, 7) is 1.30. The lowest BCUT2D eigenvalue weighted by Crippen LogP contribution is -2.27. The second-order valence-electron chi connectivity index (χ2n) is 5.26. The summed E-state index contributed by atoms with van der Waals surface area (Å²) in [4.78, 5) is 4.36. The van der Waals surface area contributed by atoms with E-state index in [0.717, 1.165) is 35.1 Å². The fourth-order valence-electron chi connectivity index (χ4n) is 2.73. The van der Waals surface area contributed by atoms with Crippen LogP contribution in [0.5, 0.6) is 0 Å². The van der Waals surface area contributed by atoms with Crippen LogP contribution in [-0.4, -0.2) is 22.8 Å². The first kappa shape index (κ1) is 14.8. The quantitative estimate of drug-likeness (QED) is 0.828. The van der Waals surface area contributed by atoms with Gasteiger partial charge in [0, 0.05) is 42.3 Å². The van der Waals surface area contributed by atoms with E-state index in [9.17, 15) is 0 Å². The van der Waals surface area contributed by atoms with E-state index < -0.39 is 5.79 Å². The number of aryl methyl sites for hydroxylation is 2. The molecule has 0 saturated carbocycles. The molecule has 1 aromatic heterocycles. The lowest BCUT2D eigenvalue weighted by atomic mass is 9.99. The summed E-state index contributed by atoms with van der Waals surface area (Å²) in [6.07, 6.45) is 6.54. The van der Waals surface area contributed by atoms with Crippen molar-refractivity contribution in [2.75, 3.05) is 13.2 Å². The first-order chi connectivity index (χ1) is 10.2. The van der Waals surface area contributed by atoms with E-state index in [1.807, 2.05) is 31.6 Å². The van der Waals surface area contributed by atoms with Crippen LogP contribution in [0.2, 0.25) is 0 Å². The predicted molar refractivity (Wildman–Crippen MR) is 83.9 cm³/mol. The Morgan fingerprint density at radius 3 is 2.57 bits per heavy atom. The first-order valence-corrected chi connectivity index (χ1v) is 7.99. The highest BCUT2D eigenvalue weighted by Crippen LogP contribution is 2.36. The molecule has 2 aromatic rings. The number of halogens is 1. The van der Waals surface area contributed by atoms with Gasteiger partial charge in [-0.15, -0.1) is 0 Å². The SMILES string of the molecule is Cn1ccnc1CCCC1(c2ccc(Br)cc2)OCCO1. The van der Waals surface area contributed by atoms with Crippen molar-refractivity contribution in [2.24, 2.45) is 7.05 Å². The van der Waals surface area contributed by atoms with Gasteiger partial charge in [-0.25, -0.2) is 4.98 Å². The number of ether oxygens (including phenoxy) is 2. The zero-order valence-corrected chi connectivity index (χ0v) is 13.7. The standard InChI is InChI=1S/C16H19BrN2O2/c1-19-10-9-18-15(19)3-2-8-16(20-11-12-21-16)13-4-6-14(17)7-5-13/h4-7,9-10H,2-3,8,11-12H2,1H3. The van der Waals surface area contributed by atoms with Gasteiger partial charge in [0.25, 0.3) is 0 Å². The smallest absolute Gasteiger partial charge is 0.194 e. The van der Waals surface area contributed by atoms with Gasteiger partial charge in [-0.2, -0.15) is 0 Å². The lowest BCUT2D eigenvalue weighted by Gasteiger charge is -2.28. The van der Waals surface area contributed by atoms with Crippen LogP contribution in [0.1, 0.15) is 24.2 Å². The van der Waals surface area contributed by atoms with Gasteiger partial charge < -0.3 is 14.0 Å². The summed E-state index contributed by atoms with van der Waals surface area (Å²) in [7, 11) is 2.02. The van der Waals surface area contributed by atoms with Crippen molar-refractivity contribution in [1.29, 1.82) is 0 Å². The zero-order chi connectivity index (χ0) is 14.7. The number of hydrogen-bond donors (Lipinski definition) is 0. The molecule has 0 aliphatic carbocycles. The topological polar surface area (TPSA) is 36.3 Å². The van der Waals surface area contributed by atoms with Gasteiger partial charge in [-0.3, -0.25) is 0 Å². The number of rotatable bonds is 5. The third-order valence-electron chi connectivity index (χ3n) is 3.87. The molecule has 0 N–H and O–H groups in total. The second kappa shape index (κ2) is 6.30. The summed E-state index contributed by atoms with van der Waals surface area (Å²) < 4.78 is 15.0. The fourth-order valence-corrected chi connectivity index (χ4v) is 2.99. The Labute approximate surface area is 133 Å². The van der Waals surface area contributed by atoms with Crippen molar-refractivity contribution in [2.45, 2.75) is 25.0 Å². The van der Waals surface area contributed by atoms with Crippen molar-refractivity contribution in [3.63, 3.8) is 0 Å². The van der Waals surface area contributed by atoms with Gasteiger partial charge in [0.05, 0.1) is 13.2 Å². The van der Waals surface area contributed by atoms with Crippen molar-refractivity contribution < 1.29 is 9.47 Å². The third-order valence-corrected chi connectivity index (χ3v) is 4.39. The maximum Gasteiger partial charge on any atom is 0.194 e. The van der Waals surface area contributed by atoms with E-state index in [-0.39, 0.29) is 0 Å². The van der Waals surface area contributed by atoms with Crippen molar-refractivity contribution in [3.8, 4) is 0 Å². The highest BCUT2D eigenvalue weighted by atomic mass is 79.9. The first-order valence-electron chi connectivity index (χ1n) is 7.20. The largest absolute Gasteiger partial charge is 0.343 e. The molecule has 5 heteroatoms. The van der Waals surface area contributed by atoms with Crippen LogP contribution in [0.4, 0.5) is 0 Å². The maximum atomic E-state index is 5.95. The molecule has 0 bridgehead atoms. The highest BCUT2D eigenvalue weighted by Gasteiger charge is 2.37. The highest BCUT2D eigenvalue weighted by molar-refractivity contribution is 9.10. The Bertz CT molecular complexity index is 589. The molecule has 2 heterocycles. The Morgan fingerprint density at radius 1 is 1.24 bits per heavy atom. The number of benzene rings is 1. The van der Waals surface area contributed by atoms with Crippen molar-refractivity contribution in [3.05, 3.63) is 52.5 Å². The van der Waals surface area contributed by atoms with Gasteiger partial charge in [-0.05, 0) is 18.6 Å². The molecule has 21 heavy (non-hydrogen) atoms. The van der Waals surface area contributed by atoms with Crippen LogP contribution in [-0.2, 0) is 28.7 Å². The van der Waals surface area contributed by atoms with E-state index in [0.29, 0.717) is 13.2 Å². The molecule has 4 nitrogen and oxygen atoms in total. The molecule has 0 spiro atoms. The Morgan fingerprint density at radius 2 is 1.95 bits per heavy atom. The number of hydrogen-bond acceptors (Lipinski definition) is 3. The van der Waals surface area contributed by atoms with Crippen LogP contribution >= 0.6 is 15.9 Å². The molecule has 1 fully saturated rings. The van der Waals surface area contributed by atoms with Crippen LogP contribution < -0.4 is 0 Å². The summed E-state index contributed by atoms with van der Waals surface area (Å²) in [5.41, 5.74) is 1.09. The van der Waals surface area contributed by atoms with Crippen LogP contribution in [0.3, 0.4) is 0 Å². The monoisotopic (exact) mass is 350 g/mol. The third kappa shape index (κ3) is 3.20. The number of imidazole rings is 1. The molecule has 3 rings (SSSR count). The summed E-state index contributed by atoms with van der Waals surface area (Å²) >= 11 is 3.47. The van der Waals surface area contributed by atoms with E-state index in [2.05, 4.69) is 37.6 Å². The molecular formula is C16H19BrN2O2. The van der Waals surface area contributed by atoms with E-state index in [1.54, 1.807) is 0 Å². The summed E-state index contributed by atoms with van der Waals surface area (Å²) in [6, 6.07) is 8.19. The molecule has 0 unspecified atom stereocenters. The fraction of sp³-hybridized carbons (Fsp3) is 0.438. The number of aromatic nitrogens is 2. The van der Waals surface area contributed by atoms with Crippen LogP contribution in [0.15, 0.2) is 41.1 Å². The predicted octanol–water partition coefficient (Wildman–Crippen LogP) is 3.41. The normalized spacial score (nSPS) is 17.2. The molecule has 112 valence electrons. The molecule has 1 aliphatic rings. The molecule has 1 aliphatic heterocycles. The average Bonchev–Trinajstić information content (AvgIpc) is 3.11. The summed E-state index contributed by atoms with van der Waals surface area (Å²) in [5.74, 6) is 0.505. The molecule has 0 amide bonds. The van der Waals surface area contributed by atoms with Crippen LogP contribution in [0, 0.1) is 0 Å². The Balaban J connectivity index is 1.69. The molecule has 0 atom stereocenters. The van der Waals surface area contributed by atoms with Crippen molar-refractivity contribution in [1.82, 2.24) is 9.55 Å². The van der Waals surface area contributed by atoms with Gasteiger partial charge >= 0.3 is 0 Å². The van der Waals surface area contributed by atoms with E-state index in [1.165, 1.54) is 0 Å². The Kier molecular flexibility index (Phi) is 4.42. The molecule has 1 aromatic carbocycles. The minimum absolute atomic E-state index is 0.591. The molecule has 1 saturated heterocycles. The van der Waals surface area contributed by atoms with Gasteiger partial charge in [-0.1, -0.05) is 28.1 Å². The number of nitrogens with zero attached hydrogens (tertiary/aromatic N) is 2. The molecule has 0 radical (unpaired) electrons. The van der Waals surface area contributed by atoms with Crippen LogP contribution in [0.25, 0.3) is 0 Å². The van der Waals surface area contributed by atoms with E-state index in [4.69, 9.17) is 9.47 Å². The Hall–Kier alpha value is -1.17. The minimum Gasteiger partial charge on any atom is -0.343 e. The minimum atomic E-state index is -0.591. The van der Waals surface area contributed by atoms with E-state index >= 15 is 0 Å². The van der Waals surface area contributed by atoms with Gasteiger partial charge in [0.15, 0.2) is 5.79 Å². The van der Waals surface area contributed by atoms with Gasteiger partial charge in [0.2, 0.25) is 0 Å². The summed E-state index contributed by atoms with van der Waals surface area (Å²) in [5, 5.41) is 0. The second-order valence-corrected chi connectivity index (χ2v) is 6.18.